The Kier molecular flexibility index (Phi) is 5.45. The maximum absolute atomic E-state index is 12.3. The fraction of sp³-hybridized carbons (Fsp3) is 0.389. The Morgan fingerprint density at radius 2 is 2.16 bits per heavy atom. The Balaban J connectivity index is 1.60. The quantitative estimate of drug-likeness (QED) is 0.872. The third kappa shape index (κ3) is 4.90. The van der Waals surface area contributed by atoms with Gasteiger partial charge in [0, 0.05) is 36.6 Å². The van der Waals surface area contributed by atoms with E-state index >= 15 is 0 Å². The van der Waals surface area contributed by atoms with Gasteiger partial charge in [0.25, 0.3) is 0 Å². The molecule has 7 nitrogen and oxygen atoms in total. The minimum atomic E-state index is -0.234. The number of nitrogens with one attached hydrogen (secondary N) is 1. The molecule has 1 aliphatic heterocycles. The fourth-order valence-electron chi connectivity index (χ4n) is 2.66. The van der Waals surface area contributed by atoms with Crippen LogP contribution >= 0.6 is 0 Å². The van der Waals surface area contributed by atoms with Crippen molar-refractivity contribution in [2.75, 3.05) is 13.2 Å². The predicted octanol–water partition coefficient (Wildman–Crippen LogP) is 0.904. The molecule has 2 aromatic heterocycles. The van der Waals surface area contributed by atoms with Crippen LogP contribution in [0.3, 0.4) is 0 Å². The largest absolute Gasteiger partial charge is 0.486 e. The van der Waals surface area contributed by atoms with E-state index in [4.69, 9.17) is 9.47 Å². The lowest BCUT2D eigenvalue weighted by Gasteiger charge is -2.32. The topological polar surface area (TPSA) is 82.5 Å². The number of aromatic nitrogens is 2. The monoisotopic (exact) mass is 343 g/mol. The highest BCUT2D eigenvalue weighted by molar-refractivity contribution is 5.76. The number of nitrogens with zero attached hydrogens (tertiary/aromatic N) is 2. The van der Waals surface area contributed by atoms with Crippen molar-refractivity contribution in [3.63, 3.8) is 0 Å². The maximum atomic E-state index is 12.3. The molecule has 1 fully saturated rings. The third-order valence-electron chi connectivity index (χ3n) is 4.00. The predicted molar refractivity (Wildman–Crippen MR) is 91.5 cm³/mol. The van der Waals surface area contributed by atoms with Crippen molar-refractivity contribution in [3.8, 4) is 5.75 Å². The number of ether oxygens (including phenoxy) is 2. The van der Waals surface area contributed by atoms with Gasteiger partial charge in [-0.3, -0.25) is 14.6 Å². The number of hydrogen-bond donors (Lipinski definition) is 1. The highest BCUT2D eigenvalue weighted by Crippen LogP contribution is 2.17. The van der Waals surface area contributed by atoms with Crippen molar-refractivity contribution in [3.05, 3.63) is 58.8 Å². The minimum Gasteiger partial charge on any atom is -0.486 e. The molecular formula is C18H21N3O4. The summed E-state index contributed by atoms with van der Waals surface area (Å²) in [5.74, 6) is 0.520. The summed E-state index contributed by atoms with van der Waals surface area (Å²) in [5.41, 5.74) is 0.836. The van der Waals surface area contributed by atoms with Gasteiger partial charge in [-0.2, -0.15) is 0 Å². The molecule has 7 heteroatoms. The van der Waals surface area contributed by atoms with E-state index in [0.29, 0.717) is 25.4 Å². The van der Waals surface area contributed by atoms with Crippen molar-refractivity contribution in [2.24, 2.45) is 0 Å². The molecule has 2 aromatic rings. The van der Waals surface area contributed by atoms with Crippen LogP contribution in [0.4, 0.5) is 0 Å². The van der Waals surface area contributed by atoms with E-state index < -0.39 is 0 Å². The van der Waals surface area contributed by atoms with Crippen molar-refractivity contribution in [1.82, 2.24) is 14.9 Å². The summed E-state index contributed by atoms with van der Waals surface area (Å²) in [6, 6.07) is 6.37. The van der Waals surface area contributed by atoms with Gasteiger partial charge in [-0.05, 0) is 19.1 Å². The number of aryl methyl sites for hydroxylation is 1. The van der Waals surface area contributed by atoms with Gasteiger partial charge in [0.2, 0.25) is 5.91 Å². The first-order valence-corrected chi connectivity index (χ1v) is 8.23. The first kappa shape index (κ1) is 17.2. The van der Waals surface area contributed by atoms with Gasteiger partial charge < -0.3 is 19.4 Å². The Morgan fingerprint density at radius 3 is 2.88 bits per heavy atom. The first-order chi connectivity index (χ1) is 12.1. The minimum absolute atomic E-state index is 0.0856. The third-order valence-corrected chi connectivity index (χ3v) is 4.00. The van der Waals surface area contributed by atoms with Crippen LogP contribution in [-0.2, 0) is 16.1 Å². The number of amides is 1. The average molecular weight is 343 g/mol. The van der Waals surface area contributed by atoms with Crippen LogP contribution in [0, 0.1) is 6.92 Å². The normalized spacial score (nSPS) is 20.0. The lowest BCUT2D eigenvalue weighted by molar-refractivity contribution is -0.124. The molecule has 0 aromatic carbocycles. The summed E-state index contributed by atoms with van der Waals surface area (Å²) < 4.78 is 13.1. The highest BCUT2D eigenvalue weighted by Gasteiger charge is 2.29. The van der Waals surface area contributed by atoms with Gasteiger partial charge in [0.1, 0.15) is 18.4 Å². The number of carbonyl (C=O) groups is 1. The van der Waals surface area contributed by atoms with Gasteiger partial charge in [-0.25, -0.2) is 0 Å². The van der Waals surface area contributed by atoms with E-state index in [9.17, 15) is 9.59 Å². The smallest absolute Gasteiger partial charge is 0.240 e. The van der Waals surface area contributed by atoms with Crippen LogP contribution in [0.25, 0.3) is 0 Å². The molecular weight excluding hydrogens is 322 g/mol. The van der Waals surface area contributed by atoms with Crippen LogP contribution in [0.15, 0.2) is 47.7 Å². The van der Waals surface area contributed by atoms with E-state index in [0.717, 1.165) is 5.69 Å². The Hall–Kier alpha value is -2.67. The lowest BCUT2D eigenvalue weighted by Crippen LogP contribution is -2.52. The Morgan fingerprint density at radius 1 is 1.36 bits per heavy atom. The number of rotatable bonds is 5. The maximum Gasteiger partial charge on any atom is 0.240 e. The Bertz CT molecular complexity index is 752. The average Bonchev–Trinajstić information content (AvgIpc) is 2.61. The molecule has 1 N–H and O–H groups in total. The standard InChI is InChI=1S/C18H21N3O4/c1-13-2-3-15(10-19-13)25-17-6-9-24-12-16(17)20-18(23)11-21-7-4-14(22)5-8-21/h2-5,7-8,10,16-17H,6,9,11-12H2,1H3,(H,20,23)/t16-,17+/m1/s1. The van der Waals surface area contributed by atoms with Crippen LogP contribution < -0.4 is 15.5 Å². The second-order valence-corrected chi connectivity index (χ2v) is 6.04. The number of pyridine rings is 2. The van der Waals surface area contributed by atoms with Crippen LogP contribution in [0.5, 0.6) is 5.75 Å². The molecule has 0 spiro atoms. The van der Waals surface area contributed by atoms with Gasteiger partial charge >= 0.3 is 0 Å². The van der Waals surface area contributed by atoms with Crippen molar-refractivity contribution in [2.45, 2.75) is 32.0 Å². The second-order valence-electron chi connectivity index (χ2n) is 6.04. The van der Waals surface area contributed by atoms with Crippen LogP contribution in [0.2, 0.25) is 0 Å². The second kappa shape index (κ2) is 7.94. The molecule has 3 rings (SSSR count). The molecule has 0 saturated carbocycles. The van der Waals surface area contributed by atoms with Crippen molar-refractivity contribution >= 4 is 5.91 Å². The highest BCUT2D eigenvalue weighted by atomic mass is 16.5. The molecule has 1 aliphatic rings. The van der Waals surface area contributed by atoms with E-state index in [1.165, 1.54) is 12.1 Å². The molecule has 0 unspecified atom stereocenters. The number of carbonyl (C=O) groups excluding carboxylic acids is 1. The molecule has 132 valence electrons. The summed E-state index contributed by atoms with van der Waals surface area (Å²) in [6.45, 7) is 3.05. The zero-order valence-electron chi connectivity index (χ0n) is 14.1. The van der Waals surface area contributed by atoms with E-state index in [1.54, 1.807) is 23.2 Å². The molecule has 0 aliphatic carbocycles. The summed E-state index contributed by atoms with van der Waals surface area (Å²) in [6.07, 6.45) is 5.38. The van der Waals surface area contributed by atoms with E-state index in [-0.39, 0.29) is 30.0 Å². The first-order valence-electron chi connectivity index (χ1n) is 8.23. The number of hydrogen-bond acceptors (Lipinski definition) is 5. The summed E-state index contributed by atoms with van der Waals surface area (Å²) >= 11 is 0. The van der Waals surface area contributed by atoms with Gasteiger partial charge in [0.15, 0.2) is 5.43 Å². The molecule has 2 atom stereocenters. The summed E-state index contributed by atoms with van der Waals surface area (Å²) in [5, 5.41) is 2.96. The summed E-state index contributed by atoms with van der Waals surface area (Å²) in [7, 11) is 0. The SMILES string of the molecule is Cc1ccc(O[C@H]2CCOC[C@H]2NC(=O)Cn2ccc(=O)cc2)cn1. The van der Waals surface area contributed by atoms with E-state index in [1.807, 2.05) is 19.1 Å². The summed E-state index contributed by atoms with van der Waals surface area (Å²) in [4.78, 5) is 27.6. The van der Waals surface area contributed by atoms with E-state index in [2.05, 4.69) is 10.3 Å². The molecule has 1 saturated heterocycles. The molecule has 3 heterocycles. The van der Waals surface area contributed by atoms with Crippen LogP contribution in [-0.4, -0.2) is 40.8 Å². The van der Waals surface area contributed by atoms with Gasteiger partial charge in [0.05, 0.1) is 25.5 Å². The molecule has 25 heavy (non-hydrogen) atoms. The fourth-order valence-corrected chi connectivity index (χ4v) is 2.66. The van der Waals surface area contributed by atoms with Crippen molar-refractivity contribution in [1.29, 1.82) is 0 Å². The lowest BCUT2D eigenvalue weighted by atomic mass is 10.1. The van der Waals surface area contributed by atoms with Crippen molar-refractivity contribution < 1.29 is 14.3 Å². The van der Waals surface area contributed by atoms with Gasteiger partial charge in [-0.1, -0.05) is 0 Å². The van der Waals surface area contributed by atoms with Crippen LogP contribution in [0.1, 0.15) is 12.1 Å². The van der Waals surface area contributed by atoms with Gasteiger partial charge in [-0.15, -0.1) is 0 Å². The Labute approximate surface area is 145 Å². The zero-order chi connectivity index (χ0) is 17.6. The molecule has 0 radical (unpaired) electrons. The molecule has 1 amide bonds. The molecule has 0 bridgehead atoms. The zero-order valence-corrected chi connectivity index (χ0v) is 14.1.